The van der Waals surface area contributed by atoms with E-state index in [1.807, 2.05) is 12.1 Å². The van der Waals surface area contributed by atoms with Gasteiger partial charge >= 0.3 is 0 Å². The molecule has 1 aromatic heterocycles. The summed E-state index contributed by atoms with van der Waals surface area (Å²) < 4.78 is 4.80. The number of methoxy groups -OCH3 is 1. The van der Waals surface area contributed by atoms with Crippen molar-refractivity contribution in [2.45, 2.75) is 0 Å². The number of halogens is 1. The number of rotatable bonds is 3. The molecule has 60 valence electrons. The van der Waals surface area contributed by atoms with E-state index >= 15 is 0 Å². The number of ether oxygens (including phenoxy) is 1. The summed E-state index contributed by atoms with van der Waals surface area (Å²) in [6.07, 6.45) is 1.64. The third-order valence-corrected chi connectivity index (χ3v) is 1.47. The first-order valence-corrected chi connectivity index (χ1v) is 3.55. The highest BCUT2D eigenvalue weighted by molar-refractivity contribution is 6.31. The molecule has 11 heavy (non-hydrogen) atoms. The van der Waals surface area contributed by atoms with Crippen LogP contribution in [0.15, 0.2) is 18.3 Å². The van der Waals surface area contributed by atoms with Crippen LogP contribution in [0.4, 0.5) is 5.69 Å². The Morgan fingerprint density at radius 3 is 3.18 bits per heavy atom. The van der Waals surface area contributed by atoms with Gasteiger partial charge in [-0.05, 0) is 12.1 Å². The van der Waals surface area contributed by atoms with Gasteiger partial charge < -0.3 is 10.1 Å². The molecule has 0 atom stereocenters. The van der Waals surface area contributed by atoms with Crippen LogP contribution in [0, 0.1) is 0 Å². The summed E-state index contributed by atoms with van der Waals surface area (Å²) in [6.45, 7) is 0.436. The predicted molar refractivity (Wildman–Crippen MR) is 44.7 cm³/mol. The van der Waals surface area contributed by atoms with Crippen molar-refractivity contribution < 1.29 is 4.74 Å². The molecule has 0 aliphatic carbocycles. The molecule has 0 fully saturated rings. The van der Waals surface area contributed by atoms with Crippen molar-refractivity contribution in [1.82, 2.24) is 4.98 Å². The lowest BCUT2D eigenvalue weighted by Crippen LogP contribution is -2.03. The average molecular weight is 173 g/mol. The molecule has 0 spiro atoms. The van der Waals surface area contributed by atoms with Crippen LogP contribution in [0.2, 0.25) is 5.15 Å². The van der Waals surface area contributed by atoms with E-state index in [1.165, 1.54) is 0 Å². The van der Waals surface area contributed by atoms with Crippen molar-refractivity contribution in [2.24, 2.45) is 0 Å². The number of pyridine rings is 1. The number of hydrogen-bond donors (Lipinski definition) is 1. The normalized spacial score (nSPS) is 9.64. The van der Waals surface area contributed by atoms with Crippen molar-refractivity contribution in [3.8, 4) is 0 Å². The van der Waals surface area contributed by atoms with E-state index in [0.29, 0.717) is 11.9 Å². The van der Waals surface area contributed by atoms with E-state index in [1.54, 1.807) is 13.3 Å². The van der Waals surface area contributed by atoms with E-state index in [4.69, 9.17) is 16.3 Å². The maximum absolute atomic E-state index is 5.73. The molecule has 1 aromatic rings. The molecular formula is C7H9ClN2O. The Morgan fingerprint density at radius 1 is 1.73 bits per heavy atom. The Hall–Kier alpha value is -0.800. The van der Waals surface area contributed by atoms with Gasteiger partial charge in [-0.15, -0.1) is 0 Å². The first-order valence-electron chi connectivity index (χ1n) is 3.18. The third kappa shape index (κ3) is 2.37. The summed E-state index contributed by atoms with van der Waals surface area (Å²) in [6, 6.07) is 3.65. The van der Waals surface area contributed by atoms with Crippen LogP contribution >= 0.6 is 11.6 Å². The van der Waals surface area contributed by atoms with Crippen LogP contribution < -0.4 is 5.32 Å². The van der Waals surface area contributed by atoms with Crippen molar-refractivity contribution >= 4 is 17.3 Å². The molecule has 3 nitrogen and oxygen atoms in total. The van der Waals surface area contributed by atoms with E-state index < -0.39 is 0 Å². The first-order chi connectivity index (χ1) is 5.34. The van der Waals surface area contributed by atoms with Crippen LogP contribution in [0.1, 0.15) is 0 Å². The molecular weight excluding hydrogens is 164 g/mol. The van der Waals surface area contributed by atoms with Crippen LogP contribution in [-0.2, 0) is 4.74 Å². The molecule has 4 heteroatoms. The number of aromatic nitrogens is 1. The summed E-state index contributed by atoms with van der Waals surface area (Å²) in [5.74, 6) is 0. The van der Waals surface area contributed by atoms with Crippen molar-refractivity contribution in [3.05, 3.63) is 23.5 Å². The largest absolute Gasteiger partial charge is 0.365 e. The maximum Gasteiger partial charge on any atom is 0.152 e. The second-order valence-electron chi connectivity index (χ2n) is 1.95. The third-order valence-electron chi connectivity index (χ3n) is 1.17. The second kappa shape index (κ2) is 4.16. The maximum atomic E-state index is 5.73. The van der Waals surface area contributed by atoms with Gasteiger partial charge in [0.25, 0.3) is 0 Å². The standard InChI is InChI=1S/C7H9ClN2O/c1-11-5-10-6-3-2-4-9-7(6)8/h2-4,10H,5H2,1H3. The van der Waals surface area contributed by atoms with Gasteiger partial charge in [0.1, 0.15) is 6.73 Å². The molecule has 0 aromatic carbocycles. The number of nitrogens with zero attached hydrogens (tertiary/aromatic N) is 1. The topological polar surface area (TPSA) is 34.1 Å². The minimum Gasteiger partial charge on any atom is -0.365 e. The Labute approximate surface area is 70.3 Å². The van der Waals surface area contributed by atoms with Crippen LogP contribution in [0.3, 0.4) is 0 Å². The fourth-order valence-corrected chi connectivity index (χ4v) is 0.854. The Bertz CT molecular complexity index is 229. The SMILES string of the molecule is COCNc1cccnc1Cl. The highest BCUT2D eigenvalue weighted by Gasteiger charge is 1.96. The fourth-order valence-electron chi connectivity index (χ4n) is 0.668. The van der Waals surface area contributed by atoms with Gasteiger partial charge in [-0.25, -0.2) is 4.98 Å². The number of hydrogen-bond acceptors (Lipinski definition) is 3. The highest BCUT2D eigenvalue weighted by atomic mass is 35.5. The van der Waals surface area contributed by atoms with Crippen molar-refractivity contribution in [2.75, 3.05) is 19.2 Å². The molecule has 0 bridgehead atoms. The van der Waals surface area contributed by atoms with Gasteiger partial charge in [0.05, 0.1) is 5.69 Å². The lowest BCUT2D eigenvalue weighted by molar-refractivity contribution is 0.221. The highest BCUT2D eigenvalue weighted by Crippen LogP contribution is 2.16. The lowest BCUT2D eigenvalue weighted by atomic mass is 10.4. The van der Waals surface area contributed by atoms with Gasteiger partial charge in [0.15, 0.2) is 5.15 Å². The molecule has 0 amide bonds. The lowest BCUT2D eigenvalue weighted by Gasteiger charge is -2.04. The summed E-state index contributed by atoms with van der Waals surface area (Å²) >= 11 is 5.73. The van der Waals surface area contributed by atoms with Crippen molar-refractivity contribution in [1.29, 1.82) is 0 Å². The zero-order valence-corrected chi connectivity index (χ0v) is 6.93. The Morgan fingerprint density at radius 2 is 2.55 bits per heavy atom. The van der Waals surface area contributed by atoms with Crippen LogP contribution in [-0.4, -0.2) is 18.8 Å². The zero-order valence-electron chi connectivity index (χ0n) is 6.17. The molecule has 0 saturated carbocycles. The predicted octanol–water partition coefficient (Wildman–Crippen LogP) is 1.75. The second-order valence-corrected chi connectivity index (χ2v) is 2.31. The van der Waals surface area contributed by atoms with E-state index in [0.717, 1.165) is 5.69 Å². The van der Waals surface area contributed by atoms with Gasteiger partial charge in [0, 0.05) is 13.3 Å². The summed E-state index contributed by atoms with van der Waals surface area (Å²) in [4.78, 5) is 3.88. The molecule has 0 radical (unpaired) electrons. The minimum atomic E-state index is 0.436. The number of nitrogens with one attached hydrogen (secondary N) is 1. The quantitative estimate of drug-likeness (QED) is 0.557. The van der Waals surface area contributed by atoms with Crippen LogP contribution in [0.25, 0.3) is 0 Å². The molecule has 1 heterocycles. The average Bonchev–Trinajstić information content (AvgIpc) is 2.03. The van der Waals surface area contributed by atoms with E-state index in [2.05, 4.69) is 10.3 Å². The molecule has 0 aliphatic heterocycles. The van der Waals surface area contributed by atoms with E-state index in [-0.39, 0.29) is 0 Å². The van der Waals surface area contributed by atoms with Gasteiger partial charge in [-0.2, -0.15) is 0 Å². The monoisotopic (exact) mass is 172 g/mol. The Kier molecular flexibility index (Phi) is 3.14. The molecule has 1 rings (SSSR count). The first kappa shape index (κ1) is 8.30. The zero-order chi connectivity index (χ0) is 8.10. The fraction of sp³-hybridized carbons (Fsp3) is 0.286. The van der Waals surface area contributed by atoms with E-state index in [9.17, 15) is 0 Å². The Balaban J connectivity index is 2.62. The van der Waals surface area contributed by atoms with Gasteiger partial charge in [-0.3, -0.25) is 0 Å². The van der Waals surface area contributed by atoms with Gasteiger partial charge in [0.2, 0.25) is 0 Å². The molecule has 0 saturated heterocycles. The van der Waals surface area contributed by atoms with Crippen LogP contribution in [0.5, 0.6) is 0 Å². The smallest absolute Gasteiger partial charge is 0.152 e. The minimum absolute atomic E-state index is 0.436. The van der Waals surface area contributed by atoms with Gasteiger partial charge in [-0.1, -0.05) is 11.6 Å². The summed E-state index contributed by atoms with van der Waals surface area (Å²) in [7, 11) is 1.61. The molecule has 0 aliphatic rings. The molecule has 1 N–H and O–H groups in total. The van der Waals surface area contributed by atoms with Crippen molar-refractivity contribution in [3.63, 3.8) is 0 Å². The summed E-state index contributed by atoms with van der Waals surface area (Å²) in [5, 5.41) is 3.41. The summed E-state index contributed by atoms with van der Waals surface area (Å²) in [5.41, 5.74) is 0.788. The molecule has 0 unspecified atom stereocenters. The number of anilines is 1.